The van der Waals surface area contributed by atoms with E-state index in [0.29, 0.717) is 6.42 Å². The van der Waals surface area contributed by atoms with Crippen LogP contribution < -0.4 is 10.5 Å². The van der Waals surface area contributed by atoms with Crippen LogP contribution >= 0.6 is 0 Å². The first-order chi connectivity index (χ1) is 6.25. The maximum absolute atomic E-state index is 7.16. The van der Waals surface area contributed by atoms with Gasteiger partial charge in [0.1, 0.15) is 11.9 Å². The van der Waals surface area contributed by atoms with Crippen LogP contribution in [0.4, 0.5) is 0 Å². The van der Waals surface area contributed by atoms with Crippen molar-refractivity contribution < 1.29 is 4.74 Å². The van der Waals surface area contributed by atoms with Crippen molar-refractivity contribution in [2.75, 3.05) is 0 Å². The minimum atomic E-state index is 0.0647. The van der Waals surface area contributed by atoms with E-state index in [1.165, 1.54) is 5.56 Å². The molecule has 3 nitrogen and oxygen atoms in total. The third kappa shape index (κ3) is 1.64. The lowest BCUT2D eigenvalue weighted by Gasteiger charge is -2.08. The molecule has 1 aliphatic rings. The average Bonchev–Trinajstić information content (AvgIpc) is 2.44. The SMILES string of the molecule is N=C(N)CC1Cc2ccccc2O1. The largest absolute Gasteiger partial charge is 0.489 e. The van der Waals surface area contributed by atoms with Gasteiger partial charge in [0.25, 0.3) is 0 Å². The molecule has 3 N–H and O–H groups in total. The van der Waals surface area contributed by atoms with E-state index >= 15 is 0 Å². The highest BCUT2D eigenvalue weighted by Crippen LogP contribution is 2.29. The fourth-order valence-corrected chi connectivity index (χ4v) is 1.61. The molecule has 68 valence electrons. The minimum absolute atomic E-state index is 0.0647. The molecule has 13 heavy (non-hydrogen) atoms. The zero-order valence-electron chi connectivity index (χ0n) is 7.29. The number of fused-ring (bicyclic) bond motifs is 1. The number of nitrogens with one attached hydrogen (secondary N) is 1. The van der Waals surface area contributed by atoms with Gasteiger partial charge in [-0.25, -0.2) is 0 Å². The van der Waals surface area contributed by atoms with Crippen molar-refractivity contribution in [3.63, 3.8) is 0 Å². The monoisotopic (exact) mass is 176 g/mol. The highest BCUT2D eigenvalue weighted by molar-refractivity contribution is 5.77. The van der Waals surface area contributed by atoms with Crippen LogP contribution in [0.1, 0.15) is 12.0 Å². The lowest BCUT2D eigenvalue weighted by atomic mass is 10.1. The summed E-state index contributed by atoms with van der Waals surface area (Å²) in [7, 11) is 0. The van der Waals surface area contributed by atoms with Gasteiger partial charge in [0.2, 0.25) is 0 Å². The summed E-state index contributed by atoms with van der Waals surface area (Å²) in [4.78, 5) is 0. The average molecular weight is 176 g/mol. The maximum Gasteiger partial charge on any atom is 0.123 e. The molecule has 1 unspecified atom stereocenters. The second-order valence-corrected chi connectivity index (χ2v) is 3.28. The predicted octanol–water partition coefficient (Wildman–Crippen LogP) is 1.32. The molecule has 1 aromatic rings. The number of para-hydroxylation sites is 1. The van der Waals surface area contributed by atoms with Gasteiger partial charge in [-0.15, -0.1) is 0 Å². The van der Waals surface area contributed by atoms with Crippen LogP contribution in [-0.2, 0) is 6.42 Å². The summed E-state index contributed by atoms with van der Waals surface area (Å²) < 4.78 is 5.60. The summed E-state index contributed by atoms with van der Waals surface area (Å²) in [6.45, 7) is 0. The molecule has 0 radical (unpaired) electrons. The maximum atomic E-state index is 7.16. The van der Waals surface area contributed by atoms with Crippen molar-refractivity contribution in [3.05, 3.63) is 29.8 Å². The van der Waals surface area contributed by atoms with Crippen LogP contribution in [0.15, 0.2) is 24.3 Å². The second kappa shape index (κ2) is 3.09. The topological polar surface area (TPSA) is 59.1 Å². The highest BCUT2D eigenvalue weighted by atomic mass is 16.5. The summed E-state index contributed by atoms with van der Waals surface area (Å²) in [6.07, 6.45) is 1.46. The van der Waals surface area contributed by atoms with Gasteiger partial charge in [-0.1, -0.05) is 18.2 Å². The van der Waals surface area contributed by atoms with Crippen molar-refractivity contribution in [1.82, 2.24) is 0 Å². The molecule has 3 heteroatoms. The zero-order valence-corrected chi connectivity index (χ0v) is 7.29. The van der Waals surface area contributed by atoms with Gasteiger partial charge in [-0.05, 0) is 11.6 Å². The Morgan fingerprint density at radius 1 is 1.54 bits per heavy atom. The molecule has 2 rings (SSSR count). The first-order valence-electron chi connectivity index (χ1n) is 4.33. The van der Waals surface area contributed by atoms with Crippen molar-refractivity contribution in [3.8, 4) is 5.75 Å². The summed E-state index contributed by atoms with van der Waals surface area (Å²) in [5.74, 6) is 1.13. The minimum Gasteiger partial charge on any atom is -0.489 e. The third-order valence-electron chi connectivity index (χ3n) is 2.16. The molecular formula is C10H12N2O. The molecule has 0 saturated heterocycles. The molecule has 1 atom stereocenters. The van der Waals surface area contributed by atoms with E-state index in [2.05, 4.69) is 6.07 Å². The Morgan fingerprint density at radius 3 is 3.00 bits per heavy atom. The van der Waals surface area contributed by atoms with E-state index in [1.54, 1.807) is 0 Å². The van der Waals surface area contributed by atoms with Crippen LogP contribution in [0.5, 0.6) is 5.75 Å². The number of rotatable bonds is 2. The molecule has 0 amide bonds. The van der Waals surface area contributed by atoms with Crippen LogP contribution in [-0.4, -0.2) is 11.9 Å². The molecular weight excluding hydrogens is 164 g/mol. The Hall–Kier alpha value is -1.51. The number of ether oxygens (including phenoxy) is 1. The number of hydrogen-bond donors (Lipinski definition) is 2. The van der Waals surface area contributed by atoms with Gasteiger partial charge in [0.15, 0.2) is 0 Å². The molecule has 0 bridgehead atoms. The summed E-state index contributed by atoms with van der Waals surface area (Å²) in [6, 6.07) is 7.96. The van der Waals surface area contributed by atoms with Crippen molar-refractivity contribution in [2.45, 2.75) is 18.9 Å². The van der Waals surface area contributed by atoms with Crippen molar-refractivity contribution in [1.29, 1.82) is 5.41 Å². The van der Waals surface area contributed by atoms with Crippen LogP contribution in [0.3, 0.4) is 0 Å². The molecule has 1 aromatic carbocycles. The van der Waals surface area contributed by atoms with Crippen LogP contribution in [0.2, 0.25) is 0 Å². The van der Waals surface area contributed by atoms with E-state index in [4.69, 9.17) is 15.9 Å². The Kier molecular flexibility index (Phi) is 1.93. The molecule has 1 heterocycles. The van der Waals surface area contributed by atoms with E-state index in [0.717, 1.165) is 12.2 Å². The Labute approximate surface area is 77.0 Å². The Bertz CT molecular complexity index is 310. The second-order valence-electron chi connectivity index (χ2n) is 3.28. The first kappa shape index (κ1) is 8.10. The van der Waals surface area contributed by atoms with Gasteiger partial charge in [0.05, 0.1) is 5.84 Å². The predicted molar refractivity (Wildman–Crippen MR) is 51.1 cm³/mol. The quantitative estimate of drug-likeness (QED) is 0.527. The number of benzene rings is 1. The zero-order chi connectivity index (χ0) is 9.26. The Morgan fingerprint density at radius 2 is 2.31 bits per heavy atom. The lowest BCUT2D eigenvalue weighted by Crippen LogP contribution is -2.22. The molecule has 0 fully saturated rings. The number of hydrogen-bond acceptors (Lipinski definition) is 2. The summed E-state index contributed by atoms with van der Waals surface area (Å²) in [5.41, 5.74) is 6.53. The van der Waals surface area contributed by atoms with E-state index in [9.17, 15) is 0 Å². The standard InChI is InChI=1S/C10H12N2O/c11-10(12)6-8-5-7-3-1-2-4-9(7)13-8/h1-4,8H,5-6H2,(H3,11,12). The van der Waals surface area contributed by atoms with Crippen LogP contribution in [0, 0.1) is 5.41 Å². The highest BCUT2D eigenvalue weighted by Gasteiger charge is 2.22. The van der Waals surface area contributed by atoms with Crippen LogP contribution in [0.25, 0.3) is 0 Å². The lowest BCUT2D eigenvalue weighted by molar-refractivity contribution is 0.241. The van der Waals surface area contributed by atoms with Gasteiger partial charge in [-0.2, -0.15) is 0 Å². The van der Waals surface area contributed by atoms with Gasteiger partial charge >= 0.3 is 0 Å². The first-order valence-corrected chi connectivity index (χ1v) is 4.33. The van der Waals surface area contributed by atoms with Crippen molar-refractivity contribution in [2.24, 2.45) is 5.73 Å². The molecule has 1 aliphatic heterocycles. The van der Waals surface area contributed by atoms with Crippen molar-refractivity contribution >= 4 is 5.84 Å². The smallest absolute Gasteiger partial charge is 0.123 e. The van der Waals surface area contributed by atoms with E-state index < -0.39 is 0 Å². The number of amidine groups is 1. The summed E-state index contributed by atoms with van der Waals surface area (Å²) in [5, 5.41) is 7.16. The van der Waals surface area contributed by atoms with Gasteiger partial charge < -0.3 is 10.5 Å². The summed E-state index contributed by atoms with van der Waals surface area (Å²) >= 11 is 0. The van der Waals surface area contributed by atoms with E-state index in [-0.39, 0.29) is 11.9 Å². The fraction of sp³-hybridized carbons (Fsp3) is 0.300. The van der Waals surface area contributed by atoms with Gasteiger partial charge in [0, 0.05) is 12.8 Å². The number of nitrogens with two attached hydrogens (primary N) is 1. The fourth-order valence-electron chi connectivity index (χ4n) is 1.61. The molecule has 0 aliphatic carbocycles. The Balaban J connectivity index is 2.09. The third-order valence-corrected chi connectivity index (χ3v) is 2.16. The molecule has 0 saturated carbocycles. The normalized spacial score (nSPS) is 19.2. The molecule has 0 spiro atoms. The van der Waals surface area contributed by atoms with E-state index in [1.807, 2.05) is 18.2 Å². The molecule has 0 aromatic heterocycles. The van der Waals surface area contributed by atoms with Gasteiger partial charge in [-0.3, -0.25) is 5.41 Å².